The van der Waals surface area contributed by atoms with Gasteiger partial charge in [-0.25, -0.2) is 4.31 Å². The van der Waals surface area contributed by atoms with Crippen molar-refractivity contribution < 1.29 is 0 Å². The molecular weight excluding hydrogens is 201 g/mol. The van der Waals surface area contributed by atoms with Crippen LogP contribution in [-0.4, -0.2) is 17.4 Å². The lowest BCUT2D eigenvalue weighted by Gasteiger charge is -2.11. The van der Waals surface area contributed by atoms with E-state index in [4.69, 9.17) is 23.2 Å². The van der Waals surface area contributed by atoms with Gasteiger partial charge in [-0.1, -0.05) is 36.5 Å². The molecule has 0 fully saturated rings. The largest absolute Gasteiger partial charge is 0.240 e. The summed E-state index contributed by atoms with van der Waals surface area (Å²) in [6.45, 7) is 4.07. The van der Waals surface area contributed by atoms with Crippen LogP contribution in [0.15, 0.2) is 9.40 Å². The van der Waals surface area contributed by atoms with Gasteiger partial charge < -0.3 is 0 Å². The van der Waals surface area contributed by atoms with Gasteiger partial charge in [-0.2, -0.15) is 0 Å². The van der Waals surface area contributed by atoms with Crippen molar-refractivity contribution in [1.29, 1.82) is 0 Å². The van der Waals surface area contributed by atoms with Gasteiger partial charge in [-0.3, -0.25) is 0 Å². The Balaban J connectivity index is 2.24. The lowest BCUT2D eigenvalue weighted by atomic mass is 10.3. The van der Waals surface area contributed by atoms with E-state index in [0.717, 1.165) is 22.5 Å². The smallest absolute Gasteiger partial charge is 0.105 e. The van der Waals surface area contributed by atoms with Crippen LogP contribution in [0.2, 0.25) is 0 Å². The normalized spacial score (nSPS) is 19.9. The minimum atomic E-state index is 0.739. The molecule has 0 saturated heterocycles. The number of unbranched alkanes of at least 4 members (excludes halogenated alkanes) is 1. The molecule has 0 aliphatic carbocycles. The summed E-state index contributed by atoms with van der Waals surface area (Å²) in [5.74, 6) is 0. The van der Waals surface area contributed by atoms with Gasteiger partial charge in [0.1, 0.15) is 4.36 Å². The molecule has 1 rings (SSSR count). The van der Waals surface area contributed by atoms with Crippen LogP contribution >= 0.6 is 35.1 Å². The Labute approximate surface area is 81.9 Å². The van der Waals surface area contributed by atoms with Gasteiger partial charge in [0.15, 0.2) is 0 Å². The van der Waals surface area contributed by atoms with Crippen LogP contribution in [0.3, 0.4) is 0 Å². The van der Waals surface area contributed by atoms with E-state index >= 15 is 0 Å². The average Bonchev–Trinajstić information content (AvgIpc) is 2.28. The molecule has 64 valence electrons. The van der Waals surface area contributed by atoms with Crippen LogP contribution in [0, 0.1) is 0 Å². The molecule has 0 saturated carbocycles. The Hall–Kier alpha value is 0.630. The summed E-state index contributed by atoms with van der Waals surface area (Å²) >= 11 is 13.2. The summed E-state index contributed by atoms with van der Waals surface area (Å²) in [6.07, 6.45) is 2.42. The fourth-order valence-corrected chi connectivity index (χ4v) is 2.35. The van der Waals surface area contributed by atoms with E-state index in [9.17, 15) is 0 Å². The SMILES string of the molecule is CCCCN1CC(Cl)=C(Cl)S1. The molecule has 1 heterocycles. The van der Waals surface area contributed by atoms with Crippen LogP contribution < -0.4 is 0 Å². The zero-order valence-electron chi connectivity index (χ0n) is 6.44. The summed E-state index contributed by atoms with van der Waals surface area (Å²) < 4.78 is 2.93. The predicted octanol–water partition coefficient (Wildman–Crippen LogP) is 3.40. The summed E-state index contributed by atoms with van der Waals surface area (Å²) in [5.41, 5.74) is 0. The van der Waals surface area contributed by atoms with Crippen molar-refractivity contribution in [3.63, 3.8) is 0 Å². The summed E-state index contributed by atoms with van der Waals surface area (Å²) in [4.78, 5) is 0. The molecule has 0 atom stereocenters. The first-order valence-electron chi connectivity index (χ1n) is 3.71. The molecule has 1 nitrogen and oxygen atoms in total. The molecule has 0 amide bonds. The number of rotatable bonds is 3. The molecular formula is C7H11Cl2NS. The van der Waals surface area contributed by atoms with E-state index in [-0.39, 0.29) is 0 Å². The second kappa shape index (κ2) is 4.61. The highest BCUT2D eigenvalue weighted by molar-refractivity contribution is 8.02. The van der Waals surface area contributed by atoms with Crippen molar-refractivity contribution in [2.45, 2.75) is 19.8 Å². The maximum absolute atomic E-state index is 5.82. The minimum Gasteiger partial charge on any atom is -0.240 e. The van der Waals surface area contributed by atoms with Crippen LogP contribution in [0.4, 0.5) is 0 Å². The Morgan fingerprint density at radius 3 is 2.73 bits per heavy atom. The fraction of sp³-hybridized carbons (Fsp3) is 0.714. The van der Waals surface area contributed by atoms with Crippen molar-refractivity contribution in [3.05, 3.63) is 9.40 Å². The maximum Gasteiger partial charge on any atom is 0.105 e. The molecule has 0 bridgehead atoms. The predicted molar refractivity (Wildman–Crippen MR) is 52.8 cm³/mol. The van der Waals surface area contributed by atoms with Crippen LogP contribution in [0.5, 0.6) is 0 Å². The molecule has 11 heavy (non-hydrogen) atoms. The van der Waals surface area contributed by atoms with E-state index < -0.39 is 0 Å². The molecule has 1 aliphatic heterocycles. The molecule has 4 heteroatoms. The molecule has 0 aromatic carbocycles. The van der Waals surface area contributed by atoms with E-state index in [1.807, 2.05) is 0 Å². The highest BCUT2D eigenvalue weighted by atomic mass is 35.5. The molecule has 0 unspecified atom stereocenters. The van der Waals surface area contributed by atoms with Crippen LogP contribution in [0.1, 0.15) is 19.8 Å². The first-order chi connectivity index (χ1) is 5.24. The second-order valence-corrected chi connectivity index (χ2v) is 4.65. The molecule has 0 aromatic heterocycles. The number of hydrogen-bond donors (Lipinski definition) is 0. The van der Waals surface area contributed by atoms with Gasteiger partial charge in [-0.05, 0) is 18.4 Å². The molecule has 0 aromatic rings. The van der Waals surface area contributed by atoms with Gasteiger partial charge in [-0.15, -0.1) is 0 Å². The van der Waals surface area contributed by atoms with Gasteiger partial charge in [0.05, 0.1) is 5.03 Å². The fourth-order valence-electron chi connectivity index (χ4n) is 0.871. The first kappa shape index (κ1) is 9.72. The Morgan fingerprint density at radius 2 is 2.27 bits per heavy atom. The van der Waals surface area contributed by atoms with Crippen LogP contribution in [-0.2, 0) is 0 Å². The van der Waals surface area contributed by atoms with Gasteiger partial charge in [0.25, 0.3) is 0 Å². The van der Waals surface area contributed by atoms with Crippen LogP contribution in [0.25, 0.3) is 0 Å². The van der Waals surface area contributed by atoms with Gasteiger partial charge in [0, 0.05) is 13.1 Å². The summed E-state index contributed by atoms with van der Waals surface area (Å²) in [7, 11) is 0. The third-order valence-corrected chi connectivity index (χ3v) is 3.43. The first-order valence-corrected chi connectivity index (χ1v) is 5.24. The van der Waals surface area contributed by atoms with E-state index in [1.165, 1.54) is 12.8 Å². The third-order valence-electron chi connectivity index (χ3n) is 1.50. The molecule has 0 spiro atoms. The van der Waals surface area contributed by atoms with Crippen molar-refractivity contribution in [3.8, 4) is 0 Å². The lowest BCUT2D eigenvalue weighted by molar-refractivity contribution is 0.504. The average molecular weight is 212 g/mol. The highest BCUT2D eigenvalue weighted by Gasteiger charge is 2.19. The van der Waals surface area contributed by atoms with E-state index in [1.54, 1.807) is 11.9 Å². The Morgan fingerprint density at radius 1 is 1.55 bits per heavy atom. The lowest BCUT2D eigenvalue weighted by Crippen LogP contribution is -2.13. The Kier molecular flexibility index (Phi) is 4.07. The highest BCUT2D eigenvalue weighted by Crippen LogP contribution is 2.37. The number of hydrogen-bond acceptors (Lipinski definition) is 2. The van der Waals surface area contributed by atoms with Crippen molar-refractivity contribution >= 4 is 35.1 Å². The number of nitrogens with zero attached hydrogens (tertiary/aromatic N) is 1. The van der Waals surface area contributed by atoms with Gasteiger partial charge >= 0.3 is 0 Å². The second-order valence-electron chi connectivity index (χ2n) is 2.49. The minimum absolute atomic E-state index is 0.739. The molecule has 0 radical (unpaired) electrons. The van der Waals surface area contributed by atoms with Crippen molar-refractivity contribution in [2.75, 3.05) is 13.1 Å². The topological polar surface area (TPSA) is 3.24 Å². The summed E-state index contributed by atoms with van der Waals surface area (Å²) in [6, 6.07) is 0. The maximum atomic E-state index is 5.82. The van der Waals surface area contributed by atoms with E-state index in [2.05, 4.69) is 11.2 Å². The molecule has 0 N–H and O–H groups in total. The van der Waals surface area contributed by atoms with Crippen molar-refractivity contribution in [1.82, 2.24) is 4.31 Å². The number of halogens is 2. The molecule has 1 aliphatic rings. The van der Waals surface area contributed by atoms with Gasteiger partial charge in [0.2, 0.25) is 0 Å². The zero-order chi connectivity index (χ0) is 8.27. The van der Waals surface area contributed by atoms with E-state index in [0.29, 0.717) is 0 Å². The third kappa shape index (κ3) is 2.86. The monoisotopic (exact) mass is 211 g/mol. The standard InChI is InChI=1S/C7H11Cl2NS/c1-2-3-4-10-5-6(8)7(9)11-10/h2-5H2,1H3. The van der Waals surface area contributed by atoms with Crippen molar-refractivity contribution in [2.24, 2.45) is 0 Å². The quantitative estimate of drug-likeness (QED) is 0.659. The Bertz CT molecular complexity index is 156. The zero-order valence-corrected chi connectivity index (χ0v) is 8.77. The summed E-state index contributed by atoms with van der Waals surface area (Å²) in [5, 5.41) is 0.785.